The van der Waals surface area contributed by atoms with Crippen LogP contribution in [0.15, 0.2) is 0 Å². The van der Waals surface area contributed by atoms with Gasteiger partial charge in [-0.3, -0.25) is 57.5 Å². The van der Waals surface area contributed by atoms with E-state index < -0.39 is 121 Å². The third-order valence-corrected chi connectivity index (χ3v) is 5.35. The first-order valence-electron chi connectivity index (χ1n) is 13.0. The minimum atomic E-state index is -5.02. The third kappa shape index (κ3) is 38.1. The zero-order valence-electron chi connectivity index (χ0n) is 26.4. The molecule has 0 saturated carbocycles. The highest BCUT2D eigenvalue weighted by atomic mass is 32.3. The van der Waals surface area contributed by atoms with Crippen LogP contribution in [0.5, 0.6) is 0 Å². The Labute approximate surface area is 291 Å². The standard InChI is InChI=1S/2C10H17N3O8.H2O8S2/c2*11-21-10(20)6-13(5-9(18)19)2-1-12(3-7(14)15)4-8(16)17;1-9(2,3)7-8-10(4,5)6/h2*1-6,11H2,(H,14,15)(H,16,17)(H,18,19);(H,1,2,3)(H,4,5,6). The summed E-state index contributed by atoms with van der Waals surface area (Å²) in [5.74, 6) is 0.284. The third-order valence-electron chi connectivity index (χ3n) is 4.79. The van der Waals surface area contributed by atoms with E-state index in [1.165, 1.54) is 0 Å². The summed E-state index contributed by atoms with van der Waals surface area (Å²) in [6, 6.07) is 0. The topological polar surface area (TPSA) is 469 Å². The molecule has 0 aromatic heterocycles. The average Bonchev–Trinajstić information content (AvgIpc) is 2.95. The van der Waals surface area contributed by atoms with Gasteiger partial charge in [-0.15, -0.1) is 0 Å². The van der Waals surface area contributed by atoms with Crippen molar-refractivity contribution in [2.75, 3.05) is 78.5 Å². The Bertz CT molecular complexity index is 1290. The molecule has 30 nitrogen and oxygen atoms in total. The molecule has 0 heterocycles. The van der Waals surface area contributed by atoms with Crippen molar-refractivity contribution in [2.45, 2.75) is 0 Å². The van der Waals surface area contributed by atoms with E-state index in [4.69, 9.17) is 39.7 Å². The van der Waals surface area contributed by atoms with Crippen molar-refractivity contribution in [3.8, 4) is 0 Å². The van der Waals surface area contributed by atoms with Crippen LogP contribution in [0.25, 0.3) is 0 Å². The van der Waals surface area contributed by atoms with E-state index in [0.29, 0.717) is 0 Å². The van der Waals surface area contributed by atoms with Crippen LogP contribution in [0.3, 0.4) is 0 Å². The molecular formula is C20H36N6O24S2. The number of carboxylic acid groups (broad SMARTS) is 6. The summed E-state index contributed by atoms with van der Waals surface area (Å²) in [5.41, 5.74) is 0. The molecule has 0 atom stereocenters. The van der Waals surface area contributed by atoms with Crippen LogP contribution in [0.1, 0.15) is 0 Å². The van der Waals surface area contributed by atoms with Crippen LogP contribution in [0, 0.1) is 0 Å². The Morgan fingerprint density at radius 1 is 0.404 bits per heavy atom. The molecule has 0 bridgehead atoms. The van der Waals surface area contributed by atoms with Gasteiger partial charge in [0, 0.05) is 26.2 Å². The molecule has 0 unspecified atom stereocenters. The number of carbonyl (C=O) groups excluding carboxylic acids is 2. The minimum Gasteiger partial charge on any atom is -0.480 e. The maximum Gasteiger partial charge on any atom is 0.425 e. The van der Waals surface area contributed by atoms with E-state index in [1.807, 2.05) is 0 Å². The fourth-order valence-corrected chi connectivity index (χ4v) is 3.64. The summed E-state index contributed by atoms with van der Waals surface area (Å²) in [5, 5.41) is 52.0. The van der Waals surface area contributed by atoms with Crippen molar-refractivity contribution in [3.63, 3.8) is 0 Å². The first-order chi connectivity index (χ1) is 23.7. The van der Waals surface area contributed by atoms with Crippen LogP contribution in [-0.2, 0) is 77.5 Å². The predicted octanol–water partition coefficient (Wildman–Crippen LogP) is -6.94. The van der Waals surface area contributed by atoms with E-state index >= 15 is 0 Å². The molecule has 0 fully saturated rings. The molecule has 0 aromatic carbocycles. The summed E-state index contributed by atoms with van der Waals surface area (Å²) < 4.78 is 58.9. The largest absolute Gasteiger partial charge is 0.480 e. The van der Waals surface area contributed by atoms with Gasteiger partial charge in [-0.05, 0) is 0 Å². The highest BCUT2D eigenvalue weighted by molar-refractivity contribution is 7.83. The van der Waals surface area contributed by atoms with E-state index in [1.54, 1.807) is 0 Å². The molecule has 0 aliphatic carbocycles. The average molecular weight is 809 g/mol. The van der Waals surface area contributed by atoms with Crippen LogP contribution < -0.4 is 11.8 Å². The molecule has 0 aromatic rings. The zero-order chi connectivity index (χ0) is 41.2. The van der Waals surface area contributed by atoms with Crippen molar-refractivity contribution in [1.82, 2.24) is 19.6 Å². The van der Waals surface area contributed by atoms with E-state index in [-0.39, 0.29) is 26.2 Å². The summed E-state index contributed by atoms with van der Waals surface area (Å²) in [6.45, 7) is -4.07. The summed E-state index contributed by atoms with van der Waals surface area (Å²) in [4.78, 5) is 98.1. The van der Waals surface area contributed by atoms with Crippen LogP contribution in [-0.4, -0.2) is 202 Å². The van der Waals surface area contributed by atoms with Crippen LogP contribution >= 0.6 is 0 Å². The van der Waals surface area contributed by atoms with Crippen molar-refractivity contribution >= 4 is 68.6 Å². The smallest absolute Gasteiger partial charge is 0.425 e. The molecule has 12 N–H and O–H groups in total. The lowest BCUT2D eigenvalue weighted by molar-refractivity contribution is -0.149. The fraction of sp³-hybridized carbons (Fsp3) is 0.600. The van der Waals surface area contributed by atoms with Gasteiger partial charge in [-0.2, -0.15) is 28.6 Å². The Morgan fingerprint density at radius 3 is 0.712 bits per heavy atom. The molecule has 0 saturated heterocycles. The molecule has 0 aliphatic heterocycles. The van der Waals surface area contributed by atoms with Crippen LogP contribution in [0.2, 0.25) is 0 Å². The number of hydrogen-bond acceptors (Lipinski definition) is 22. The molecule has 0 amide bonds. The zero-order valence-corrected chi connectivity index (χ0v) is 28.0. The molecular weight excluding hydrogens is 772 g/mol. The Morgan fingerprint density at radius 2 is 0.577 bits per heavy atom. The summed E-state index contributed by atoms with van der Waals surface area (Å²) in [6.07, 6.45) is 0. The second kappa shape index (κ2) is 27.0. The molecule has 0 spiro atoms. The summed E-state index contributed by atoms with van der Waals surface area (Å²) in [7, 11) is -10.0. The first kappa shape index (κ1) is 51.6. The molecule has 0 rings (SSSR count). The van der Waals surface area contributed by atoms with Gasteiger partial charge >= 0.3 is 68.6 Å². The predicted molar refractivity (Wildman–Crippen MR) is 157 cm³/mol. The van der Waals surface area contributed by atoms with E-state index in [2.05, 4.69) is 30.1 Å². The van der Waals surface area contributed by atoms with Gasteiger partial charge < -0.3 is 40.3 Å². The number of nitrogens with zero attached hydrogens (tertiary/aromatic N) is 4. The van der Waals surface area contributed by atoms with Gasteiger partial charge in [-0.25, -0.2) is 9.59 Å². The summed E-state index contributed by atoms with van der Waals surface area (Å²) >= 11 is 0. The van der Waals surface area contributed by atoms with Gasteiger partial charge in [-0.1, -0.05) is 8.67 Å². The second-order valence-electron chi connectivity index (χ2n) is 9.18. The van der Waals surface area contributed by atoms with E-state index in [9.17, 15) is 55.2 Å². The lowest BCUT2D eigenvalue weighted by Crippen LogP contribution is -2.43. The monoisotopic (exact) mass is 808 g/mol. The maximum absolute atomic E-state index is 11.0. The number of carboxylic acids is 6. The lowest BCUT2D eigenvalue weighted by atomic mass is 10.4. The van der Waals surface area contributed by atoms with Crippen LogP contribution in [0.4, 0.5) is 0 Å². The fourth-order valence-electron chi connectivity index (χ4n) is 3.08. The van der Waals surface area contributed by atoms with Gasteiger partial charge in [0.15, 0.2) is 0 Å². The molecule has 0 aliphatic rings. The lowest BCUT2D eigenvalue weighted by Gasteiger charge is -2.23. The van der Waals surface area contributed by atoms with Crippen molar-refractivity contribution in [1.29, 1.82) is 0 Å². The van der Waals surface area contributed by atoms with Crippen molar-refractivity contribution in [3.05, 3.63) is 0 Å². The second-order valence-corrected chi connectivity index (χ2v) is 11.2. The number of hydrogen-bond donors (Lipinski definition) is 10. The van der Waals surface area contributed by atoms with Gasteiger partial charge in [0.05, 0.1) is 52.4 Å². The Hall–Kier alpha value is -4.74. The molecule has 302 valence electrons. The molecule has 32 heteroatoms. The SMILES string of the molecule is NOC(=O)CN(CCN(CC(=O)O)CC(=O)O)CC(=O)O.NOC(=O)CN(CCN(CC(=O)O)CC(=O)O)CC(=O)O.O=S(=O)(O)OOS(=O)(=O)O. The molecule has 0 radical (unpaired) electrons. The van der Waals surface area contributed by atoms with Crippen molar-refractivity contribution < 1.29 is 113 Å². The Kier molecular flexibility index (Phi) is 26.8. The minimum absolute atomic E-state index is 0.0397. The first-order valence-corrected chi connectivity index (χ1v) is 15.7. The van der Waals surface area contributed by atoms with Gasteiger partial charge in [0.25, 0.3) is 0 Å². The van der Waals surface area contributed by atoms with E-state index in [0.717, 1.165) is 19.6 Å². The quantitative estimate of drug-likeness (QED) is 0.0233. The number of nitrogens with two attached hydrogens (primary N) is 2. The number of aliphatic carboxylic acids is 6. The number of carbonyl (C=O) groups is 8. The van der Waals surface area contributed by atoms with Gasteiger partial charge in [0.2, 0.25) is 0 Å². The normalized spacial score (nSPS) is 11.2. The number of rotatable bonds is 25. The van der Waals surface area contributed by atoms with Gasteiger partial charge in [0.1, 0.15) is 0 Å². The maximum atomic E-state index is 11.0. The van der Waals surface area contributed by atoms with Crippen molar-refractivity contribution in [2.24, 2.45) is 11.8 Å². The highest BCUT2D eigenvalue weighted by Gasteiger charge is 2.20. The Balaban J connectivity index is -0.000000737. The molecule has 52 heavy (non-hydrogen) atoms. The highest BCUT2D eigenvalue weighted by Crippen LogP contribution is 1.97.